The molecule has 112 valence electrons. The van der Waals surface area contributed by atoms with Crippen molar-refractivity contribution in [2.75, 3.05) is 7.11 Å². The number of carbonyl (C=O) groups is 1. The number of rotatable bonds is 6. The van der Waals surface area contributed by atoms with E-state index in [1.165, 1.54) is 13.2 Å². The summed E-state index contributed by atoms with van der Waals surface area (Å²) in [6.07, 6.45) is -0.197. The minimum absolute atomic E-state index is 0.0748. The summed E-state index contributed by atoms with van der Waals surface area (Å²) in [7, 11) is 1.21. The molecule has 0 heterocycles. The van der Waals surface area contributed by atoms with Crippen LogP contribution in [0.1, 0.15) is 31.9 Å². The maximum atomic E-state index is 13.8. The van der Waals surface area contributed by atoms with Crippen LogP contribution in [0.4, 0.5) is 8.78 Å². The third-order valence-corrected chi connectivity index (χ3v) is 4.00. The SMILES string of the molecule is COC(=O)C[C@H](N[S@+]([O-])C(C)C)c1ccc(F)cc1F. The smallest absolute Gasteiger partial charge is 0.307 e. The van der Waals surface area contributed by atoms with Crippen LogP contribution in [0.15, 0.2) is 18.2 Å². The molecule has 0 fully saturated rings. The Morgan fingerprint density at radius 2 is 2.10 bits per heavy atom. The van der Waals surface area contributed by atoms with Crippen LogP contribution in [0.25, 0.3) is 0 Å². The highest BCUT2D eigenvalue weighted by Gasteiger charge is 2.26. The van der Waals surface area contributed by atoms with Gasteiger partial charge in [0.1, 0.15) is 16.9 Å². The number of methoxy groups -OCH3 is 1. The van der Waals surface area contributed by atoms with Gasteiger partial charge in [0.05, 0.1) is 19.6 Å². The fourth-order valence-corrected chi connectivity index (χ4v) is 2.29. The van der Waals surface area contributed by atoms with Gasteiger partial charge in [-0.1, -0.05) is 6.07 Å². The number of carbonyl (C=O) groups excluding carboxylic acids is 1. The molecule has 0 spiro atoms. The summed E-state index contributed by atoms with van der Waals surface area (Å²) in [6.45, 7) is 3.44. The van der Waals surface area contributed by atoms with Crippen molar-refractivity contribution in [3.63, 3.8) is 0 Å². The number of halogens is 2. The van der Waals surface area contributed by atoms with Gasteiger partial charge in [-0.25, -0.2) is 8.78 Å². The molecular weight excluding hydrogens is 288 g/mol. The lowest BCUT2D eigenvalue weighted by molar-refractivity contribution is -0.141. The van der Waals surface area contributed by atoms with E-state index in [0.717, 1.165) is 12.1 Å². The molecule has 0 radical (unpaired) electrons. The molecule has 0 unspecified atom stereocenters. The lowest BCUT2D eigenvalue weighted by Gasteiger charge is -2.22. The Hall–Kier alpha value is -1.18. The number of ether oxygens (including phenoxy) is 1. The van der Waals surface area contributed by atoms with E-state index in [4.69, 9.17) is 0 Å². The van der Waals surface area contributed by atoms with Crippen molar-refractivity contribution < 1.29 is 22.9 Å². The number of hydrogen-bond donors (Lipinski definition) is 1. The van der Waals surface area contributed by atoms with Crippen LogP contribution >= 0.6 is 0 Å². The highest BCUT2D eigenvalue weighted by molar-refractivity contribution is 7.90. The molecule has 2 atom stereocenters. The molecule has 0 aliphatic rings. The number of benzene rings is 1. The first-order valence-corrected chi connectivity index (χ1v) is 7.25. The Bertz CT molecular complexity index is 471. The molecule has 7 heteroatoms. The van der Waals surface area contributed by atoms with E-state index in [2.05, 4.69) is 9.46 Å². The zero-order valence-corrected chi connectivity index (χ0v) is 12.3. The van der Waals surface area contributed by atoms with Crippen molar-refractivity contribution in [2.45, 2.75) is 31.6 Å². The average molecular weight is 305 g/mol. The molecule has 20 heavy (non-hydrogen) atoms. The first kappa shape index (κ1) is 16.9. The normalized spacial score (nSPS) is 14.2. The number of esters is 1. The molecule has 0 aliphatic carbocycles. The zero-order chi connectivity index (χ0) is 15.3. The van der Waals surface area contributed by atoms with E-state index in [0.29, 0.717) is 0 Å². The summed E-state index contributed by atoms with van der Waals surface area (Å²) in [6, 6.07) is 2.19. The molecule has 1 aromatic carbocycles. The maximum absolute atomic E-state index is 13.8. The number of nitrogens with one attached hydrogen (secondary N) is 1. The van der Waals surface area contributed by atoms with Crippen LogP contribution in [-0.2, 0) is 20.9 Å². The topological polar surface area (TPSA) is 61.4 Å². The molecule has 0 saturated heterocycles. The minimum atomic E-state index is -1.45. The highest BCUT2D eigenvalue weighted by Crippen LogP contribution is 2.23. The second-order valence-electron chi connectivity index (χ2n) is 4.46. The van der Waals surface area contributed by atoms with E-state index in [-0.39, 0.29) is 17.2 Å². The van der Waals surface area contributed by atoms with Gasteiger partial charge in [-0.2, -0.15) is 0 Å². The molecule has 0 aliphatic heterocycles. The van der Waals surface area contributed by atoms with Crippen molar-refractivity contribution in [2.24, 2.45) is 0 Å². The summed E-state index contributed by atoms with van der Waals surface area (Å²) in [4.78, 5) is 11.4. The Kier molecular flexibility index (Phi) is 6.38. The van der Waals surface area contributed by atoms with Crippen molar-refractivity contribution in [1.82, 2.24) is 4.72 Å². The van der Waals surface area contributed by atoms with Gasteiger partial charge < -0.3 is 9.29 Å². The fourth-order valence-electron chi connectivity index (χ4n) is 1.53. The van der Waals surface area contributed by atoms with Gasteiger partial charge in [-0.3, -0.25) is 4.79 Å². The first-order chi connectivity index (χ1) is 9.35. The summed E-state index contributed by atoms with van der Waals surface area (Å²) < 4.78 is 45.7. The quantitative estimate of drug-likeness (QED) is 0.647. The molecule has 0 bridgehead atoms. The summed E-state index contributed by atoms with van der Waals surface area (Å²) in [5.74, 6) is -2.09. The average Bonchev–Trinajstić information content (AvgIpc) is 2.37. The molecule has 1 aromatic rings. The van der Waals surface area contributed by atoms with Gasteiger partial charge in [-0.15, -0.1) is 4.72 Å². The molecule has 4 nitrogen and oxygen atoms in total. The predicted molar refractivity (Wildman–Crippen MR) is 72.1 cm³/mol. The zero-order valence-electron chi connectivity index (χ0n) is 11.5. The van der Waals surface area contributed by atoms with Gasteiger partial charge in [0, 0.05) is 23.0 Å². The second-order valence-corrected chi connectivity index (χ2v) is 6.24. The van der Waals surface area contributed by atoms with Gasteiger partial charge in [0.2, 0.25) is 0 Å². The molecule has 0 aromatic heterocycles. The minimum Gasteiger partial charge on any atom is -0.598 e. The van der Waals surface area contributed by atoms with E-state index in [9.17, 15) is 18.1 Å². The summed E-state index contributed by atoms with van der Waals surface area (Å²) in [5.41, 5.74) is 0.0748. The predicted octanol–water partition coefficient (Wildman–Crippen LogP) is 2.23. The maximum Gasteiger partial charge on any atom is 0.307 e. The van der Waals surface area contributed by atoms with Crippen LogP contribution < -0.4 is 4.72 Å². The van der Waals surface area contributed by atoms with Gasteiger partial charge >= 0.3 is 5.97 Å². The van der Waals surface area contributed by atoms with Crippen LogP contribution in [0.2, 0.25) is 0 Å². The molecule has 1 rings (SSSR count). The summed E-state index contributed by atoms with van der Waals surface area (Å²) in [5, 5.41) is -0.210. The van der Waals surface area contributed by atoms with E-state index in [1.807, 2.05) is 0 Å². The monoisotopic (exact) mass is 305 g/mol. The highest BCUT2D eigenvalue weighted by atomic mass is 32.2. The molecular formula is C13H17F2NO3S. The van der Waals surface area contributed by atoms with Crippen LogP contribution in [0.3, 0.4) is 0 Å². The van der Waals surface area contributed by atoms with E-state index < -0.39 is 35.0 Å². The standard InChI is InChI=1S/C13H17F2NO3S/c1-8(2)20(18)16-12(7-13(17)19-3)10-5-4-9(14)6-11(10)15/h4-6,8,12,16H,7H2,1-3H3/t12-,20+/m0/s1. The third-order valence-electron chi connectivity index (χ3n) is 2.62. The fraction of sp³-hybridized carbons (Fsp3) is 0.462. The third kappa shape index (κ3) is 4.73. The van der Waals surface area contributed by atoms with Crippen LogP contribution in [0, 0.1) is 11.6 Å². The van der Waals surface area contributed by atoms with Crippen molar-refractivity contribution in [3.8, 4) is 0 Å². The molecule has 0 saturated carbocycles. The van der Waals surface area contributed by atoms with Gasteiger partial charge in [-0.05, 0) is 19.9 Å². The number of hydrogen-bond acceptors (Lipinski definition) is 4. The Morgan fingerprint density at radius 3 is 2.60 bits per heavy atom. The largest absolute Gasteiger partial charge is 0.598 e. The Labute approximate surface area is 119 Å². The summed E-state index contributed by atoms with van der Waals surface area (Å²) >= 11 is -1.45. The van der Waals surface area contributed by atoms with Gasteiger partial charge in [0.25, 0.3) is 0 Å². The Balaban J connectivity index is 2.99. The van der Waals surface area contributed by atoms with Crippen molar-refractivity contribution in [3.05, 3.63) is 35.4 Å². The lowest BCUT2D eigenvalue weighted by Crippen LogP contribution is -2.35. The molecule has 1 N–H and O–H groups in total. The molecule has 0 amide bonds. The van der Waals surface area contributed by atoms with Gasteiger partial charge in [0.15, 0.2) is 0 Å². The van der Waals surface area contributed by atoms with E-state index in [1.54, 1.807) is 13.8 Å². The van der Waals surface area contributed by atoms with E-state index >= 15 is 0 Å². The van der Waals surface area contributed by atoms with Crippen LogP contribution in [-0.4, -0.2) is 22.9 Å². The van der Waals surface area contributed by atoms with Crippen LogP contribution in [0.5, 0.6) is 0 Å². The first-order valence-electron chi connectivity index (χ1n) is 6.03. The second kappa shape index (κ2) is 7.56. The Morgan fingerprint density at radius 1 is 1.45 bits per heavy atom. The lowest BCUT2D eigenvalue weighted by atomic mass is 10.0. The van der Waals surface area contributed by atoms with Crippen molar-refractivity contribution in [1.29, 1.82) is 0 Å². The van der Waals surface area contributed by atoms with Crippen molar-refractivity contribution >= 4 is 17.3 Å².